The highest BCUT2D eigenvalue weighted by Gasteiger charge is 2.13. The fourth-order valence-corrected chi connectivity index (χ4v) is 3.27. The first-order valence-electron chi connectivity index (χ1n) is 7.23. The van der Waals surface area contributed by atoms with Crippen LogP contribution in [0.25, 0.3) is 0 Å². The lowest BCUT2D eigenvalue weighted by Crippen LogP contribution is -2.21. The van der Waals surface area contributed by atoms with Gasteiger partial charge in [-0.1, -0.05) is 43.8 Å². The maximum absolute atomic E-state index is 4.24. The first-order valence-corrected chi connectivity index (χ1v) is 8.05. The fraction of sp³-hybridized carbons (Fsp3) is 0.438. The molecule has 0 aliphatic carbocycles. The summed E-state index contributed by atoms with van der Waals surface area (Å²) in [5.74, 6) is 0. The first-order chi connectivity index (χ1) is 9.74. The van der Waals surface area contributed by atoms with Gasteiger partial charge >= 0.3 is 0 Å². The van der Waals surface area contributed by atoms with Gasteiger partial charge in [0.25, 0.3) is 0 Å². The van der Waals surface area contributed by atoms with Gasteiger partial charge < -0.3 is 5.32 Å². The van der Waals surface area contributed by atoms with Crippen molar-refractivity contribution < 1.29 is 0 Å². The molecular formula is C16H23N3S. The summed E-state index contributed by atoms with van der Waals surface area (Å²) in [4.78, 5) is 2.50. The Balaban J connectivity index is 2.20. The van der Waals surface area contributed by atoms with Gasteiger partial charge in [-0.15, -0.1) is 0 Å². The van der Waals surface area contributed by atoms with E-state index < -0.39 is 0 Å². The van der Waals surface area contributed by atoms with Gasteiger partial charge in [-0.25, -0.2) is 0 Å². The standard InChI is InChI=1S/C16H23N3S/c1-4-10-17-15(5-2)14-8-6-7-9-16(14)20-13-11-18-19(3)12-13/h6-9,11-12,15,17H,4-5,10H2,1-3H3. The molecule has 1 unspecified atom stereocenters. The predicted molar refractivity (Wildman–Crippen MR) is 85.1 cm³/mol. The number of nitrogens with zero attached hydrogens (tertiary/aromatic N) is 2. The largest absolute Gasteiger partial charge is 0.310 e. The zero-order valence-electron chi connectivity index (χ0n) is 12.5. The quantitative estimate of drug-likeness (QED) is 0.835. The second kappa shape index (κ2) is 7.50. The van der Waals surface area contributed by atoms with E-state index >= 15 is 0 Å². The number of rotatable bonds is 7. The molecule has 1 atom stereocenters. The third-order valence-corrected chi connectivity index (χ3v) is 4.29. The SMILES string of the molecule is CCCNC(CC)c1ccccc1Sc1cnn(C)c1. The Morgan fingerprint density at radius 2 is 2.10 bits per heavy atom. The average molecular weight is 289 g/mol. The van der Waals surface area contributed by atoms with Crippen molar-refractivity contribution in [2.45, 2.75) is 42.5 Å². The fourth-order valence-electron chi connectivity index (χ4n) is 2.23. The van der Waals surface area contributed by atoms with Crippen LogP contribution in [0.15, 0.2) is 46.5 Å². The van der Waals surface area contributed by atoms with E-state index in [4.69, 9.17) is 0 Å². The van der Waals surface area contributed by atoms with E-state index in [9.17, 15) is 0 Å². The monoisotopic (exact) mass is 289 g/mol. The van der Waals surface area contributed by atoms with Gasteiger partial charge in [0, 0.05) is 24.2 Å². The van der Waals surface area contributed by atoms with Gasteiger partial charge in [0.2, 0.25) is 0 Å². The third-order valence-electron chi connectivity index (χ3n) is 3.25. The number of hydrogen-bond acceptors (Lipinski definition) is 3. The molecule has 0 amide bonds. The molecule has 0 fully saturated rings. The van der Waals surface area contributed by atoms with Gasteiger partial charge in [0.05, 0.1) is 11.1 Å². The van der Waals surface area contributed by atoms with Crippen LogP contribution < -0.4 is 5.32 Å². The maximum Gasteiger partial charge on any atom is 0.0629 e. The summed E-state index contributed by atoms with van der Waals surface area (Å²) in [7, 11) is 1.95. The maximum atomic E-state index is 4.24. The Morgan fingerprint density at radius 1 is 1.30 bits per heavy atom. The zero-order valence-corrected chi connectivity index (χ0v) is 13.3. The van der Waals surface area contributed by atoms with Gasteiger partial charge in [-0.2, -0.15) is 5.10 Å². The molecule has 0 spiro atoms. The van der Waals surface area contributed by atoms with E-state index in [2.05, 4.69) is 54.7 Å². The molecule has 0 bridgehead atoms. The van der Waals surface area contributed by atoms with Crippen LogP contribution in [0.3, 0.4) is 0 Å². The minimum atomic E-state index is 0.426. The summed E-state index contributed by atoms with van der Waals surface area (Å²) in [6.07, 6.45) is 6.24. The summed E-state index contributed by atoms with van der Waals surface area (Å²) >= 11 is 1.79. The number of benzene rings is 1. The molecule has 108 valence electrons. The highest BCUT2D eigenvalue weighted by Crippen LogP contribution is 2.33. The van der Waals surface area contributed by atoms with Crippen LogP contribution in [-0.2, 0) is 7.05 Å². The first kappa shape index (κ1) is 15.1. The van der Waals surface area contributed by atoms with Crippen molar-refractivity contribution in [2.24, 2.45) is 7.05 Å². The number of aryl methyl sites for hydroxylation is 1. The van der Waals surface area contributed by atoms with Crippen molar-refractivity contribution in [2.75, 3.05) is 6.54 Å². The number of aromatic nitrogens is 2. The Bertz CT molecular complexity index is 536. The molecule has 0 saturated carbocycles. The topological polar surface area (TPSA) is 29.9 Å². The second-order valence-corrected chi connectivity index (χ2v) is 6.02. The normalized spacial score (nSPS) is 12.6. The molecule has 2 rings (SSSR count). The Kier molecular flexibility index (Phi) is 5.68. The number of nitrogens with one attached hydrogen (secondary N) is 1. The van der Waals surface area contributed by atoms with Crippen LogP contribution in [0.2, 0.25) is 0 Å². The Morgan fingerprint density at radius 3 is 2.75 bits per heavy atom. The highest BCUT2D eigenvalue weighted by molar-refractivity contribution is 7.99. The van der Waals surface area contributed by atoms with Crippen molar-refractivity contribution in [3.8, 4) is 0 Å². The molecule has 1 aromatic heterocycles. The van der Waals surface area contributed by atoms with Crippen LogP contribution in [0.1, 0.15) is 38.3 Å². The Labute approximate surface area is 125 Å². The minimum absolute atomic E-state index is 0.426. The van der Waals surface area contributed by atoms with E-state index in [0.29, 0.717) is 6.04 Å². The molecule has 0 aliphatic heterocycles. The summed E-state index contributed by atoms with van der Waals surface area (Å²) < 4.78 is 1.84. The molecule has 1 N–H and O–H groups in total. The summed E-state index contributed by atoms with van der Waals surface area (Å²) in [6.45, 7) is 5.50. The molecular weight excluding hydrogens is 266 g/mol. The molecule has 0 saturated heterocycles. The smallest absolute Gasteiger partial charge is 0.0629 e. The van der Waals surface area contributed by atoms with Gasteiger partial charge in [-0.3, -0.25) is 4.68 Å². The van der Waals surface area contributed by atoms with Crippen LogP contribution in [0, 0.1) is 0 Å². The van der Waals surface area contributed by atoms with Crippen molar-refractivity contribution in [3.63, 3.8) is 0 Å². The molecule has 4 heteroatoms. The van der Waals surface area contributed by atoms with E-state index in [-0.39, 0.29) is 0 Å². The zero-order chi connectivity index (χ0) is 14.4. The molecule has 20 heavy (non-hydrogen) atoms. The molecule has 0 aliphatic rings. The minimum Gasteiger partial charge on any atom is -0.310 e. The summed E-state index contributed by atoms with van der Waals surface area (Å²) in [5.41, 5.74) is 1.39. The van der Waals surface area contributed by atoms with Crippen LogP contribution in [-0.4, -0.2) is 16.3 Å². The van der Waals surface area contributed by atoms with Gasteiger partial charge in [0.15, 0.2) is 0 Å². The summed E-state index contributed by atoms with van der Waals surface area (Å²) in [6, 6.07) is 9.09. The lowest BCUT2D eigenvalue weighted by atomic mass is 10.0. The van der Waals surface area contributed by atoms with Gasteiger partial charge in [-0.05, 0) is 31.0 Å². The molecule has 1 heterocycles. The summed E-state index contributed by atoms with van der Waals surface area (Å²) in [5, 5.41) is 7.87. The predicted octanol–water partition coefficient (Wildman–Crippen LogP) is 4.02. The lowest BCUT2D eigenvalue weighted by Gasteiger charge is -2.20. The Hall–Kier alpha value is -1.26. The molecule has 2 aromatic rings. The van der Waals surface area contributed by atoms with Gasteiger partial charge in [0.1, 0.15) is 0 Å². The third kappa shape index (κ3) is 3.87. The van der Waals surface area contributed by atoms with Crippen molar-refractivity contribution in [3.05, 3.63) is 42.2 Å². The molecule has 1 aromatic carbocycles. The second-order valence-electron chi connectivity index (χ2n) is 4.90. The van der Waals surface area contributed by atoms with Crippen LogP contribution >= 0.6 is 11.8 Å². The van der Waals surface area contributed by atoms with Crippen molar-refractivity contribution >= 4 is 11.8 Å². The van der Waals surface area contributed by atoms with Crippen LogP contribution in [0.4, 0.5) is 0 Å². The van der Waals surface area contributed by atoms with Crippen molar-refractivity contribution in [1.82, 2.24) is 15.1 Å². The average Bonchev–Trinajstić information content (AvgIpc) is 2.86. The van der Waals surface area contributed by atoms with Crippen LogP contribution in [0.5, 0.6) is 0 Å². The lowest BCUT2D eigenvalue weighted by molar-refractivity contribution is 0.512. The highest BCUT2D eigenvalue weighted by atomic mass is 32.2. The molecule has 3 nitrogen and oxygen atoms in total. The van der Waals surface area contributed by atoms with E-state index in [1.54, 1.807) is 11.8 Å². The number of hydrogen-bond donors (Lipinski definition) is 1. The van der Waals surface area contributed by atoms with E-state index in [1.807, 2.05) is 17.9 Å². The molecule has 0 radical (unpaired) electrons. The van der Waals surface area contributed by atoms with E-state index in [0.717, 1.165) is 19.4 Å². The van der Waals surface area contributed by atoms with E-state index in [1.165, 1.54) is 15.4 Å². The van der Waals surface area contributed by atoms with Crippen molar-refractivity contribution in [1.29, 1.82) is 0 Å².